The topological polar surface area (TPSA) is 3.24 Å². The summed E-state index contributed by atoms with van der Waals surface area (Å²) in [5.74, 6) is 0. The highest BCUT2D eigenvalue weighted by Crippen LogP contribution is 2.62. The van der Waals surface area contributed by atoms with Crippen LogP contribution in [0.1, 0.15) is 58.4 Å². The highest BCUT2D eigenvalue weighted by atomic mass is 28.3. The molecule has 56 heavy (non-hydrogen) atoms. The molecule has 0 bridgehead atoms. The standard InChI is InChI=1S/C54H41NSi/c1-34-25-28-38-39-29-26-35(2)32-51(39)56(50(38)31-34)49-24-14-5-15-37(49)40-30-27-36(33-52(40)56)55-47-22-12-10-20-45(47)54(46-21-11-13-23-48(46)55)43-18-8-6-16-41(43)53(3,4)42-17-7-9-19-44(42)54/h5-33H,1-4H3. The fourth-order valence-electron chi connectivity index (χ4n) is 11.6. The largest absolute Gasteiger partial charge is 0.310 e. The summed E-state index contributed by atoms with van der Waals surface area (Å²) < 4.78 is 0. The van der Waals surface area contributed by atoms with Gasteiger partial charge in [-0.2, -0.15) is 0 Å². The quantitative estimate of drug-likeness (QED) is 0.152. The van der Waals surface area contributed by atoms with Crippen molar-refractivity contribution in [1.82, 2.24) is 0 Å². The minimum Gasteiger partial charge on any atom is -0.310 e. The molecule has 8 aromatic carbocycles. The summed E-state index contributed by atoms with van der Waals surface area (Å²) in [6.45, 7) is 9.31. The molecule has 0 amide bonds. The highest BCUT2D eigenvalue weighted by molar-refractivity contribution is 7.24. The maximum absolute atomic E-state index is 2.67. The summed E-state index contributed by atoms with van der Waals surface area (Å²) in [4.78, 5) is 2.58. The Kier molecular flexibility index (Phi) is 6.28. The molecular weight excluding hydrogens is 691 g/mol. The Morgan fingerprint density at radius 3 is 1.34 bits per heavy atom. The second-order valence-electron chi connectivity index (χ2n) is 17.0. The van der Waals surface area contributed by atoms with E-state index in [1.807, 2.05) is 0 Å². The van der Waals surface area contributed by atoms with E-state index in [0.29, 0.717) is 0 Å². The van der Waals surface area contributed by atoms with Gasteiger partial charge in [0.25, 0.3) is 0 Å². The molecule has 4 aliphatic rings. The van der Waals surface area contributed by atoms with Crippen LogP contribution >= 0.6 is 0 Å². The Morgan fingerprint density at radius 1 is 0.375 bits per heavy atom. The molecule has 0 N–H and O–H groups in total. The lowest BCUT2D eigenvalue weighted by molar-refractivity contribution is 0.556. The van der Waals surface area contributed by atoms with Crippen molar-refractivity contribution >= 4 is 45.9 Å². The van der Waals surface area contributed by atoms with Crippen molar-refractivity contribution in [1.29, 1.82) is 0 Å². The van der Waals surface area contributed by atoms with E-state index in [-0.39, 0.29) is 5.41 Å². The highest BCUT2D eigenvalue weighted by Gasteiger charge is 2.56. The van der Waals surface area contributed by atoms with Crippen molar-refractivity contribution in [2.24, 2.45) is 0 Å². The molecule has 0 saturated carbocycles. The van der Waals surface area contributed by atoms with E-state index in [9.17, 15) is 0 Å². The molecule has 1 aliphatic carbocycles. The van der Waals surface area contributed by atoms with Crippen LogP contribution in [-0.4, -0.2) is 8.07 Å². The Balaban J connectivity index is 1.17. The Bertz CT molecular complexity index is 2850. The van der Waals surface area contributed by atoms with Gasteiger partial charge in [0, 0.05) is 11.1 Å². The van der Waals surface area contributed by atoms with Gasteiger partial charge in [0.15, 0.2) is 8.07 Å². The molecule has 0 aromatic heterocycles. The predicted molar refractivity (Wildman–Crippen MR) is 236 cm³/mol. The minimum absolute atomic E-state index is 0.141. The average Bonchev–Trinajstić information content (AvgIpc) is 3.68. The second-order valence-corrected chi connectivity index (χ2v) is 20.6. The molecule has 1 nitrogen and oxygen atoms in total. The van der Waals surface area contributed by atoms with Gasteiger partial charge < -0.3 is 4.90 Å². The third-order valence-corrected chi connectivity index (χ3v) is 18.8. The van der Waals surface area contributed by atoms with Gasteiger partial charge in [-0.15, -0.1) is 0 Å². The smallest absolute Gasteiger partial charge is 0.182 e. The zero-order valence-corrected chi connectivity index (χ0v) is 33.2. The van der Waals surface area contributed by atoms with Crippen molar-refractivity contribution in [3.63, 3.8) is 0 Å². The molecular formula is C54H41NSi. The van der Waals surface area contributed by atoms with Gasteiger partial charge in [-0.05, 0) is 114 Å². The van der Waals surface area contributed by atoms with Gasteiger partial charge >= 0.3 is 0 Å². The zero-order valence-electron chi connectivity index (χ0n) is 32.2. The lowest BCUT2D eigenvalue weighted by Crippen LogP contribution is -2.70. The van der Waals surface area contributed by atoms with Gasteiger partial charge in [-0.3, -0.25) is 0 Å². The molecule has 0 radical (unpaired) electrons. The number of hydrogen-bond acceptors (Lipinski definition) is 1. The van der Waals surface area contributed by atoms with Gasteiger partial charge in [0.1, 0.15) is 0 Å². The van der Waals surface area contributed by atoms with Gasteiger partial charge in [0.05, 0.1) is 16.8 Å². The maximum Gasteiger partial charge on any atom is 0.182 e. The molecule has 2 heteroatoms. The molecule has 12 rings (SSSR count). The Labute approximate surface area is 330 Å². The molecule has 2 spiro atoms. The summed E-state index contributed by atoms with van der Waals surface area (Å²) in [6.07, 6.45) is 0. The van der Waals surface area contributed by atoms with Crippen LogP contribution in [0.4, 0.5) is 17.1 Å². The van der Waals surface area contributed by atoms with Crippen LogP contribution in [0.5, 0.6) is 0 Å². The van der Waals surface area contributed by atoms with E-state index in [2.05, 4.69) is 209 Å². The van der Waals surface area contributed by atoms with Crippen molar-refractivity contribution in [3.05, 3.63) is 220 Å². The SMILES string of the molecule is Cc1ccc2c(c1)[Si]1(c3ccccc3-c3ccc(N4c5ccccc5C5(c6ccccc64)c4ccccc4C(C)(C)c4ccccc45)cc31)c1cc(C)ccc1-2. The van der Waals surface area contributed by atoms with E-state index in [0.717, 1.165) is 0 Å². The van der Waals surface area contributed by atoms with Gasteiger partial charge in [-0.25, -0.2) is 0 Å². The molecule has 0 unspecified atom stereocenters. The van der Waals surface area contributed by atoms with E-state index in [1.165, 1.54) is 105 Å². The molecule has 266 valence electrons. The zero-order chi connectivity index (χ0) is 37.6. The van der Waals surface area contributed by atoms with Crippen molar-refractivity contribution in [2.45, 2.75) is 38.5 Å². The Morgan fingerprint density at radius 2 is 0.786 bits per heavy atom. The number of benzene rings is 8. The summed E-state index contributed by atoms with van der Waals surface area (Å²) in [6, 6.07) is 68.1. The molecule has 0 atom stereocenters. The van der Waals surface area contributed by atoms with Crippen LogP contribution < -0.4 is 25.6 Å². The average molecular weight is 732 g/mol. The summed E-state index contributed by atoms with van der Waals surface area (Å²) in [7, 11) is -2.67. The van der Waals surface area contributed by atoms with E-state index in [4.69, 9.17) is 0 Å². The number of anilines is 3. The molecule has 0 fully saturated rings. The lowest BCUT2D eigenvalue weighted by atomic mass is 9.53. The number of nitrogens with zero attached hydrogens (tertiary/aromatic N) is 1. The van der Waals surface area contributed by atoms with Crippen LogP contribution in [0.15, 0.2) is 176 Å². The predicted octanol–water partition coefficient (Wildman–Crippen LogP) is 10.4. The molecule has 3 heterocycles. The summed E-state index contributed by atoms with van der Waals surface area (Å²) in [5, 5.41) is 6.06. The van der Waals surface area contributed by atoms with Crippen LogP contribution in [0.3, 0.4) is 0 Å². The normalized spacial score (nSPS) is 16.2. The van der Waals surface area contributed by atoms with Crippen LogP contribution in [-0.2, 0) is 10.8 Å². The van der Waals surface area contributed by atoms with Crippen LogP contribution in [0.25, 0.3) is 22.3 Å². The van der Waals surface area contributed by atoms with Crippen molar-refractivity contribution in [2.75, 3.05) is 4.90 Å². The van der Waals surface area contributed by atoms with Gasteiger partial charge in [-0.1, -0.05) is 177 Å². The number of rotatable bonds is 1. The van der Waals surface area contributed by atoms with E-state index >= 15 is 0 Å². The van der Waals surface area contributed by atoms with Gasteiger partial charge in [0.2, 0.25) is 0 Å². The first kappa shape index (κ1) is 32.1. The molecule has 3 aliphatic heterocycles. The number of aryl methyl sites for hydroxylation is 2. The maximum atomic E-state index is 2.60. The third-order valence-electron chi connectivity index (χ3n) is 13.8. The minimum atomic E-state index is -2.67. The first-order valence-electron chi connectivity index (χ1n) is 20.0. The number of para-hydroxylation sites is 2. The first-order valence-corrected chi connectivity index (χ1v) is 22.0. The fraction of sp³-hybridized carbons (Fsp3) is 0.111. The molecule has 8 aromatic rings. The second kappa shape index (κ2) is 11.0. The third kappa shape index (κ3) is 3.71. The molecule has 0 saturated heterocycles. The van der Waals surface area contributed by atoms with Crippen LogP contribution in [0.2, 0.25) is 0 Å². The Hall–Kier alpha value is -6.22. The summed E-state index contributed by atoms with van der Waals surface area (Å²) >= 11 is 0. The van der Waals surface area contributed by atoms with E-state index in [1.54, 1.807) is 0 Å². The monoisotopic (exact) mass is 731 g/mol. The van der Waals surface area contributed by atoms with Crippen molar-refractivity contribution < 1.29 is 0 Å². The summed E-state index contributed by atoms with van der Waals surface area (Å²) in [5.41, 5.74) is 19.5. The fourth-order valence-corrected chi connectivity index (χ4v) is 17.5. The first-order chi connectivity index (χ1) is 27.4. The number of fused-ring (bicyclic) bond motifs is 18. The lowest BCUT2D eigenvalue weighted by Gasteiger charge is -2.52. The van der Waals surface area contributed by atoms with Crippen molar-refractivity contribution in [3.8, 4) is 22.3 Å². The number of hydrogen-bond donors (Lipinski definition) is 0. The van der Waals surface area contributed by atoms with Crippen LogP contribution in [0, 0.1) is 13.8 Å². The van der Waals surface area contributed by atoms with E-state index < -0.39 is 13.5 Å².